The van der Waals surface area contributed by atoms with Crippen LogP contribution in [0.1, 0.15) is 25.1 Å². The predicted molar refractivity (Wildman–Crippen MR) is 70.8 cm³/mol. The van der Waals surface area contributed by atoms with E-state index in [2.05, 4.69) is 22.9 Å². The van der Waals surface area contributed by atoms with Crippen LogP contribution in [0.2, 0.25) is 0 Å². The molecular formula is C12H22N2O2S. The van der Waals surface area contributed by atoms with Crippen molar-refractivity contribution < 1.29 is 9.47 Å². The van der Waals surface area contributed by atoms with Crippen molar-refractivity contribution >= 4 is 11.3 Å². The minimum absolute atomic E-state index is 0.0250. The second-order valence-electron chi connectivity index (χ2n) is 3.67. The number of rotatable bonds is 9. The van der Waals surface area contributed by atoms with Crippen molar-refractivity contribution in [1.82, 2.24) is 5.43 Å². The van der Waals surface area contributed by atoms with E-state index in [1.54, 1.807) is 11.3 Å². The highest BCUT2D eigenvalue weighted by Crippen LogP contribution is 2.14. The maximum absolute atomic E-state index is 5.57. The maximum atomic E-state index is 5.57. The third kappa shape index (κ3) is 5.14. The zero-order valence-corrected chi connectivity index (χ0v) is 11.3. The molecule has 0 aliphatic carbocycles. The van der Waals surface area contributed by atoms with Gasteiger partial charge in [-0.3, -0.25) is 11.3 Å². The maximum Gasteiger partial charge on any atom is 0.174 e. The average Bonchev–Trinajstić information content (AvgIpc) is 2.83. The summed E-state index contributed by atoms with van der Waals surface area (Å²) >= 11 is 1.76. The molecule has 0 aliphatic heterocycles. The number of hydrazine groups is 1. The van der Waals surface area contributed by atoms with Gasteiger partial charge in [0.25, 0.3) is 0 Å². The summed E-state index contributed by atoms with van der Waals surface area (Å²) in [6, 6.07) is 4.22. The first-order valence-corrected chi connectivity index (χ1v) is 6.91. The topological polar surface area (TPSA) is 56.5 Å². The summed E-state index contributed by atoms with van der Waals surface area (Å²) < 4.78 is 11.1. The Labute approximate surface area is 107 Å². The van der Waals surface area contributed by atoms with E-state index in [0.29, 0.717) is 13.2 Å². The lowest BCUT2D eigenvalue weighted by atomic mass is 10.1. The Morgan fingerprint density at radius 1 is 1.35 bits per heavy atom. The highest BCUT2D eigenvalue weighted by molar-refractivity contribution is 7.09. The normalized spacial score (nSPS) is 13.2. The number of aryl methyl sites for hydroxylation is 1. The zero-order chi connectivity index (χ0) is 12.5. The smallest absolute Gasteiger partial charge is 0.174 e. The molecule has 1 atom stereocenters. The highest BCUT2D eigenvalue weighted by atomic mass is 32.1. The van der Waals surface area contributed by atoms with E-state index in [-0.39, 0.29) is 12.3 Å². The van der Waals surface area contributed by atoms with Crippen molar-refractivity contribution in [1.29, 1.82) is 0 Å². The van der Waals surface area contributed by atoms with Gasteiger partial charge in [0.05, 0.1) is 6.04 Å². The molecule has 0 aromatic carbocycles. The zero-order valence-electron chi connectivity index (χ0n) is 10.5. The fourth-order valence-corrected chi connectivity index (χ4v) is 2.38. The quantitative estimate of drug-likeness (QED) is 0.403. The monoisotopic (exact) mass is 258 g/mol. The molecule has 0 fully saturated rings. The molecule has 1 unspecified atom stereocenters. The third-order valence-electron chi connectivity index (χ3n) is 2.49. The van der Waals surface area contributed by atoms with Crippen LogP contribution >= 0.6 is 11.3 Å². The first kappa shape index (κ1) is 14.6. The summed E-state index contributed by atoms with van der Waals surface area (Å²) in [7, 11) is 0. The van der Waals surface area contributed by atoms with Crippen LogP contribution in [0.25, 0.3) is 0 Å². The van der Waals surface area contributed by atoms with Crippen molar-refractivity contribution in [3.8, 4) is 0 Å². The van der Waals surface area contributed by atoms with Crippen LogP contribution in [-0.2, 0) is 15.9 Å². The molecule has 0 saturated carbocycles. The molecule has 1 aromatic rings. The summed E-state index contributed by atoms with van der Waals surface area (Å²) in [5.74, 6) is 5.57. The van der Waals surface area contributed by atoms with E-state index in [1.807, 2.05) is 13.8 Å². The Morgan fingerprint density at radius 3 is 2.53 bits per heavy atom. The van der Waals surface area contributed by atoms with E-state index < -0.39 is 0 Å². The third-order valence-corrected chi connectivity index (χ3v) is 3.42. The lowest BCUT2D eigenvalue weighted by Gasteiger charge is -2.25. The van der Waals surface area contributed by atoms with Crippen LogP contribution in [0.3, 0.4) is 0 Å². The van der Waals surface area contributed by atoms with Crippen LogP contribution in [-0.4, -0.2) is 25.5 Å². The van der Waals surface area contributed by atoms with Gasteiger partial charge in [0.15, 0.2) is 6.29 Å². The van der Waals surface area contributed by atoms with E-state index in [9.17, 15) is 0 Å². The molecule has 0 radical (unpaired) electrons. The summed E-state index contributed by atoms with van der Waals surface area (Å²) in [4.78, 5) is 1.36. The van der Waals surface area contributed by atoms with E-state index in [4.69, 9.17) is 15.3 Å². The summed E-state index contributed by atoms with van der Waals surface area (Å²) in [5.41, 5.74) is 2.79. The van der Waals surface area contributed by atoms with Gasteiger partial charge in [0.1, 0.15) is 0 Å². The standard InChI is InChI=1S/C12H22N2O2S/c1-3-15-12(16-4-2)11(14-13)8-7-10-6-5-9-17-10/h5-6,9,11-12,14H,3-4,7-8,13H2,1-2H3. The van der Waals surface area contributed by atoms with E-state index in [1.165, 1.54) is 4.88 Å². The van der Waals surface area contributed by atoms with Gasteiger partial charge in [-0.25, -0.2) is 0 Å². The minimum Gasteiger partial charge on any atom is -0.351 e. The van der Waals surface area contributed by atoms with Gasteiger partial charge in [0.2, 0.25) is 0 Å². The largest absolute Gasteiger partial charge is 0.351 e. The van der Waals surface area contributed by atoms with Crippen LogP contribution in [0.5, 0.6) is 0 Å². The van der Waals surface area contributed by atoms with Gasteiger partial charge in [0, 0.05) is 18.1 Å². The molecule has 0 spiro atoms. The number of hydrogen-bond acceptors (Lipinski definition) is 5. The Balaban J connectivity index is 2.43. The predicted octanol–water partition coefficient (Wildman–Crippen LogP) is 1.91. The van der Waals surface area contributed by atoms with Crippen LogP contribution in [0.15, 0.2) is 17.5 Å². The summed E-state index contributed by atoms with van der Waals surface area (Å²) in [5, 5.41) is 2.09. The Bertz CT molecular complexity index is 274. The van der Waals surface area contributed by atoms with Crippen molar-refractivity contribution in [2.75, 3.05) is 13.2 Å². The first-order valence-electron chi connectivity index (χ1n) is 6.03. The van der Waals surface area contributed by atoms with Crippen molar-refractivity contribution in [3.05, 3.63) is 22.4 Å². The Morgan fingerprint density at radius 2 is 2.06 bits per heavy atom. The molecule has 0 bridgehead atoms. The number of thiophene rings is 1. The molecule has 17 heavy (non-hydrogen) atoms. The van der Waals surface area contributed by atoms with Gasteiger partial charge in [-0.15, -0.1) is 11.3 Å². The molecule has 4 nitrogen and oxygen atoms in total. The number of nitrogens with two attached hydrogens (primary N) is 1. The summed E-state index contributed by atoms with van der Waals surface area (Å²) in [6.45, 7) is 5.17. The number of hydrogen-bond donors (Lipinski definition) is 2. The van der Waals surface area contributed by atoms with Crippen molar-refractivity contribution in [2.45, 2.75) is 39.0 Å². The van der Waals surface area contributed by atoms with E-state index >= 15 is 0 Å². The van der Waals surface area contributed by atoms with Gasteiger partial charge in [-0.2, -0.15) is 0 Å². The van der Waals surface area contributed by atoms with E-state index in [0.717, 1.165) is 12.8 Å². The molecule has 5 heteroatoms. The van der Waals surface area contributed by atoms with Crippen molar-refractivity contribution in [3.63, 3.8) is 0 Å². The number of nitrogens with one attached hydrogen (secondary N) is 1. The van der Waals surface area contributed by atoms with Gasteiger partial charge >= 0.3 is 0 Å². The fraction of sp³-hybridized carbons (Fsp3) is 0.667. The molecule has 1 heterocycles. The van der Waals surface area contributed by atoms with Gasteiger partial charge < -0.3 is 9.47 Å². The molecule has 0 aliphatic rings. The van der Waals surface area contributed by atoms with Crippen LogP contribution in [0.4, 0.5) is 0 Å². The molecule has 1 rings (SSSR count). The summed E-state index contributed by atoms with van der Waals surface area (Å²) in [6.07, 6.45) is 1.63. The highest BCUT2D eigenvalue weighted by Gasteiger charge is 2.20. The second-order valence-corrected chi connectivity index (χ2v) is 4.70. The second kappa shape index (κ2) is 8.60. The van der Waals surface area contributed by atoms with Gasteiger partial charge in [-0.05, 0) is 38.1 Å². The lowest BCUT2D eigenvalue weighted by Crippen LogP contribution is -2.46. The minimum atomic E-state index is -0.269. The SMILES string of the molecule is CCOC(OCC)C(CCc1cccs1)NN. The first-order chi connectivity index (χ1) is 8.31. The molecule has 3 N–H and O–H groups in total. The molecule has 0 saturated heterocycles. The average molecular weight is 258 g/mol. The fourth-order valence-electron chi connectivity index (χ4n) is 1.66. The Kier molecular flexibility index (Phi) is 7.39. The molecule has 0 amide bonds. The van der Waals surface area contributed by atoms with Crippen molar-refractivity contribution in [2.24, 2.45) is 5.84 Å². The molecule has 98 valence electrons. The number of ether oxygens (including phenoxy) is 2. The molecule has 1 aromatic heterocycles. The van der Waals surface area contributed by atoms with Gasteiger partial charge in [-0.1, -0.05) is 6.07 Å². The van der Waals surface area contributed by atoms with Crippen LogP contribution < -0.4 is 11.3 Å². The van der Waals surface area contributed by atoms with Crippen LogP contribution in [0, 0.1) is 0 Å². The lowest BCUT2D eigenvalue weighted by molar-refractivity contribution is -0.155. The Hall–Kier alpha value is -0.460. The molecular weight excluding hydrogens is 236 g/mol.